The number of rotatable bonds is 17. The van der Waals surface area contributed by atoms with Gasteiger partial charge in [-0.15, -0.1) is 11.3 Å². The molecule has 288 valence electrons. The number of carbonyl (C=O) groups excluding carboxylic acids is 4. The molecule has 1 saturated heterocycles. The number of ether oxygens (including phenoxy) is 1. The first-order valence-corrected chi connectivity index (χ1v) is 19.0. The van der Waals surface area contributed by atoms with Crippen molar-refractivity contribution in [2.45, 2.75) is 110 Å². The molecule has 1 aromatic heterocycles. The number of likely N-dealkylation sites (tertiary alicyclic amines) is 1. The molecule has 1 unspecified atom stereocenters. The van der Waals surface area contributed by atoms with Crippen molar-refractivity contribution in [1.82, 2.24) is 20.5 Å². The summed E-state index contributed by atoms with van der Waals surface area (Å²) < 4.78 is 20.6. The fraction of sp³-hybridized carbons (Fsp3) is 0.513. The maximum absolute atomic E-state index is 15.1. The van der Waals surface area contributed by atoms with Gasteiger partial charge < -0.3 is 36.8 Å². The van der Waals surface area contributed by atoms with Crippen molar-refractivity contribution in [3.8, 4) is 16.2 Å². The first-order chi connectivity index (χ1) is 25.0. The molecule has 3 aromatic rings. The van der Waals surface area contributed by atoms with Gasteiger partial charge in [-0.25, -0.2) is 9.37 Å². The highest BCUT2D eigenvalue weighted by Crippen LogP contribution is 2.30. The molecule has 2 aromatic carbocycles. The van der Waals surface area contributed by atoms with Crippen LogP contribution in [-0.4, -0.2) is 76.0 Å². The maximum Gasteiger partial charge on any atom is 0.246 e. The molecule has 7 N–H and O–H groups in total. The van der Waals surface area contributed by atoms with Crippen molar-refractivity contribution in [3.05, 3.63) is 70.6 Å². The Morgan fingerprint density at radius 2 is 1.81 bits per heavy atom. The number of hydrogen-bond acceptors (Lipinski definition) is 9. The number of hydrogen-bond donors (Lipinski definition) is 5. The lowest BCUT2D eigenvalue weighted by Crippen LogP contribution is -2.57. The Labute approximate surface area is 314 Å². The number of benzene rings is 2. The topological polar surface area (TPSA) is 190 Å². The van der Waals surface area contributed by atoms with E-state index in [1.54, 1.807) is 23.5 Å². The predicted molar refractivity (Wildman–Crippen MR) is 202 cm³/mol. The van der Waals surface area contributed by atoms with Crippen LogP contribution in [0, 0.1) is 18.2 Å². The summed E-state index contributed by atoms with van der Waals surface area (Å²) in [6.07, 6.45) is 1.08. The van der Waals surface area contributed by atoms with E-state index < -0.39 is 47.3 Å². The molecule has 53 heavy (non-hydrogen) atoms. The minimum absolute atomic E-state index is 0.0235. The van der Waals surface area contributed by atoms with E-state index in [0.717, 1.165) is 21.7 Å². The SMILES string of the molecule is Cc1ncsc1-c1ccc([C@H](C)NC(=O)[C@@H]2C[C@@H](O)CN2C(=O)C(NC(=O)CCCCc2cccc(OC[C@@H](N)CCC(N)=O)c2F)C(C)(C)C)cc1. The van der Waals surface area contributed by atoms with Crippen molar-refractivity contribution in [2.24, 2.45) is 16.9 Å². The summed E-state index contributed by atoms with van der Waals surface area (Å²) in [5.74, 6) is -2.06. The van der Waals surface area contributed by atoms with Crippen molar-refractivity contribution in [2.75, 3.05) is 13.2 Å². The van der Waals surface area contributed by atoms with E-state index in [2.05, 4.69) is 15.6 Å². The second-order valence-corrected chi connectivity index (χ2v) is 15.7. The van der Waals surface area contributed by atoms with Crippen LogP contribution in [0.3, 0.4) is 0 Å². The number of aliphatic hydroxyl groups is 1. The fourth-order valence-corrected chi connectivity index (χ4v) is 7.13. The second kappa shape index (κ2) is 18.6. The number of primary amides is 1. The van der Waals surface area contributed by atoms with Crippen LogP contribution in [0.2, 0.25) is 0 Å². The molecule has 2 heterocycles. The highest BCUT2D eigenvalue weighted by Gasteiger charge is 2.44. The molecule has 5 atom stereocenters. The van der Waals surface area contributed by atoms with Gasteiger partial charge in [0.15, 0.2) is 11.6 Å². The molecule has 0 aliphatic carbocycles. The van der Waals surface area contributed by atoms with Gasteiger partial charge >= 0.3 is 0 Å². The van der Waals surface area contributed by atoms with E-state index in [0.29, 0.717) is 31.2 Å². The van der Waals surface area contributed by atoms with Crippen LogP contribution in [-0.2, 0) is 25.6 Å². The Morgan fingerprint density at radius 3 is 2.45 bits per heavy atom. The quantitative estimate of drug-likeness (QED) is 0.126. The average molecular weight is 753 g/mol. The Bertz CT molecular complexity index is 1730. The minimum atomic E-state index is -0.948. The highest BCUT2D eigenvalue weighted by atomic mass is 32.1. The van der Waals surface area contributed by atoms with Gasteiger partial charge in [-0.2, -0.15) is 0 Å². The van der Waals surface area contributed by atoms with Gasteiger partial charge in [0, 0.05) is 31.8 Å². The number of amides is 4. The molecule has 0 bridgehead atoms. The van der Waals surface area contributed by atoms with Crippen molar-refractivity contribution >= 4 is 35.0 Å². The lowest BCUT2D eigenvalue weighted by atomic mass is 9.85. The summed E-state index contributed by atoms with van der Waals surface area (Å²) in [7, 11) is 0. The molecule has 0 saturated carbocycles. The Balaban J connectivity index is 1.30. The summed E-state index contributed by atoms with van der Waals surface area (Å²) in [4.78, 5) is 58.5. The van der Waals surface area contributed by atoms with Gasteiger partial charge in [-0.05, 0) is 67.7 Å². The number of unbranched alkanes of at least 4 members (excludes halogenated alkanes) is 1. The Hall–Kier alpha value is -4.40. The maximum atomic E-state index is 15.1. The monoisotopic (exact) mass is 752 g/mol. The number of β-amino-alcohol motifs (C(OH)–C–C–N with tert-alkyl or cyclic N) is 1. The molecule has 0 spiro atoms. The molecule has 4 amide bonds. The number of thiazole rings is 1. The number of aryl methyl sites for hydroxylation is 2. The standard InChI is InChI=1S/C39H53FN6O6S/c1-23(25-13-15-27(16-14-25)35-24(2)43-22-53-35)44-37(50)30-19-29(47)20-46(30)38(51)36(39(3,4)5)45-33(49)12-7-6-9-26-10-8-11-31(34(26)40)52-21-28(41)17-18-32(42)48/h8,10-11,13-16,22-23,28-30,36,47H,6-7,9,12,17-21,41H2,1-5H3,(H2,42,48)(H,44,50)(H,45,49)/t23-,28-,29+,30-,36?/m0/s1. The molecular weight excluding hydrogens is 700 g/mol. The summed E-state index contributed by atoms with van der Waals surface area (Å²) in [5, 5.41) is 16.5. The van der Waals surface area contributed by atoms with Crippen molar-refractivity contribution in [3.63, 3.8) is 0 Å². The number of halogens is 1. The van der Waals surface area contributed by atoms with Crippen LogP contribution in [0.5, 0.6) is 5.75 Å². The van der Waals surface area contributed by atoms with E-state index in [1.165, 1.54) is 11.0 Å². The molecule has 14 heteroatoms. The number of aliphatic hydroxyl groups excluding tert-OH is 1. The first-order valence-electron chi connectivity index (χ1n) is 18.1. The van der Waals surface area contributed by atoms with Gasteiger partial charge in [0.1, 0.15) is 18.7 Å². The van der Waals surface area contributed by atoms with Crippen LogP contribution in [0.1, 0.15) is 89.1 Å². The van der Waals surface area contributed by atoms with Crippen LogP contribution < -0.4 is 26.8 Å². The highest BCUT2D eigenvalue weighted by molar-refractivity contribution is 7.13. The molecule has 12 nitrogen and oxygen atoms in total. The number of aromatic nitrogens is 1. The number of nitrogens with zero attached hydrogens (tertiary/aromatic N) is 2. The summed E-state index contributed by atoms with van der Waals surface area (Å²) >= 11 is 1.57. The van der Waals surface area contributed by atoms with Crippen molar-refractivity contribution < 1.29 is 33.4 Å². The molecule has 0 radical (unpaired) electrons. The summed E-state index contributed by atoms with van der Waals surface area (Å²) in [6.45, 7) is 9.34. The van der Waals surface area contributed by atoms with Crippen molar-refractivity contribution in [1.29, 1.82) is 0 Å². The van der Waals surface area contributed by atoms with E-state index in [9.17, 15) is 24.3 Å². The summed E-state index contributed by atoms with van der Waals surface area (Å²) in [6, 6.07) is 10.1. The fourth-order valence-electron chi connectivity index (χ4n) is 6.32. The van der Waals surface area contributed by atoms with E-state index >= 15 is 4.39 Å². The average Bonchev–Trinajstić information content (AvgIpc) is 3.72. The zero-order valence-electron chi connectivity index (χ0n) is 31.2. The largest absolute Gasteiger partial charge is 0.489 e. The van der Waals surface area contributed by atoms with Gasteiger partial charge in [0.25, 0.3) is 0 Å². The molecule has 1 fully saturated rings. The Morgan fingerprint density at radius 1 is 1.09 bits per heavy atom. The van der Waals surface area contributed by atoms with Crippen LogP contribution in [0.25, 0.3) is 10.4 Å². The number of nitrogens with two attached hydrogens (primary N) is 2. The third-order valence-electron chi connectivity index (χ3n) is 9.42. The van der Waals surface area contributed by atoms with Gasteiger partial charge in [-0.1, -0.05) is 57.2 Å². The first kappa shape index (κ1) is 41.4. The normalized spacial score (nSPS) is 17.5. The zero-order valence-corrected chi connectivity index (χ0v) is 32.0. The van der Waals surface area contributed by atoms with E-state index in [4.69, 9.17) is 16.2 Å². The van der Waals surface area contributed by atoms with Gasteiger partial charge in [0.2, 0.25) is 23.6 Å². The smallest absolute Gasteiger partial charge is 0.246 e. The predicted octanol–water partition coefficient (Wildman–Crippen LogP) is 4.31. The number of nitrogens with one attached hydrogen (secondary N) is 2. The van der Waals surface area contributed by atoms with Crippen LogP contribution in [0.4, 0.5) is 4.39 Å². The summed E-state index contributed by atoms with van der Waals surface area (Å²) in [5.41, 5.74) is 15.5. The molecular formula is C39H53FN6O6S. The molecule has 1 aliphatic heterocycles. The lowest BCUT2D eigenvalue weighted by molar-refractivity contribution is -0.144. The van der Waals surface area contributed by atoms with Crippen LogP contribution >= 0.6 is 11.3 Å². The molecule has 4 rings (SSSR count). The number of carbonyl (C=O) groups is 4. The van der Waals surface area contributed by atoms with E-state index in [1.807, 2.05) is 64.4 Å². The lowest BCUT2D eigenvalue weighted by Gasteiger charge is -2.35. The third-order valence-corrected chi connectivity index (χ3v) is 10.4. The van der Waals surface area contributed by atoms with Gasteiger partial charge in [-0.3, -0.25) is 19.2 Å². The molecule has 1 aliphatic rings. The minimum Gasteiger partial charge on any atom is -0.489 e. The second-order valence-electron chi connectivity index (χ2n) is 14.9. The third kappa shape index (κ3) is 11.5. The Kier molecular flexibility index (Phi) is 14.5. The van der Waals surface area contributed by atoms with Gasteiger partial charge in [0.05, 0.1) is 28.2 Å². The zero-order chi connectivity index (χ0) is 38.9. The van der Waals surface area contributed by atoms with Crippen LogP contribution in [0.15, 0.2) is 48.0 Å². The van der Waals surface area contributed by atoms with E-state index in [-0.39, 0.29) is 56.0 Å².